The number of amides is 1. The van der Waals surface area contributed by atoms with E-state index in [9.17, 15) is 9.18 Å². The van der Waals surface area contributed by atoms with Gasteiger partial charge in [0.1, 0.15) is 11.6 Å². The van der Waals surface area contributed by atoms with E-state index in [2.05, 4.69) is 20.8 Å². The van der Waals surface area contributed by atoms with Gasteiger partial charge < -0.3 is 15.4 Å². The van der Waals surface area contributed by atoms with Crippen molar-refractivity contribution in [3.8, 4) is 5.75 Å². The minimum atomic E-state index is -0.463. The summed E-state index contributed by atoms with van der Waals surface area (Å²) < 4.78 is 18.9. The predicted octanol–water partition coefficient (Wildman–Crippen LogP) is 5.20. The van der Waals surface area contributed by atoms with Crippen LogP contribution in [0.3, 0.4) is 0 Å². The molecule has 1 amide bonds. The van der Waals surface area contributed by atoms with Gasteiger partial charge in [0.15, 0.2) is 4.34 Å². The molecule has 1 aromatic heterocycles. The molecule has 0 aliphatic rings. The molecule has 2 aromatic carbocycles. The van der Waals surface area contributed by atoms with Gasteiger partial charge in [-0.2, -0.15) is 0 Å². The molecule has 0 saturated heterocycles. The third kappa shape index (κ3) is 5.34. The Labute approximate surface area is 174 Å². The standard InChI is InChI=1S/C18H16ClFN4O2S2/c1-10(16(25)22-15-7-6-11(20)8-14(15)19)27-18-24-23-17(28-18)21-12-4-3-5-13(9-12)26-2/h3-10H,1-2H3,(H,21,23)(H,22,25). The Balaban J connectivity index is 1.59. The Kier molecular flexibility index (Phi) is 6.71. The molecule has 0 aliphatic carbocycles. The first kappa shape index (κ1) is 20.4. The molecule has 0 aliphatic heterocycles. The van der Waals surface area contributed by atoms with Crippen molar-refractivity contribution >= 4 is 57.1 Å². The van der Waals surface area contributed by atoms with Crippen molar-refractivity contribution in [1.29, 1.82) is 0 Å². The number of halogens is 2. The first-order valence-electron chi connectivity index (χ1n) is 8.12. The summed E-state index contributed by atoms with van der Waals surface area (Å²) in [6.45, 7) is 1.74. The minimum absolute atomic E-state index is 0.145. The highest BCUT2D eigenvalue weighted by atomic mass is 35.5. The second kappa shape index (κ2) is 9.22. The summed E-state index contributed by atoms with van der Waals surface area (Å²) >= 11 is 8.54. The maximum absolute atomic E-state index is 13.1. The van der Waals surface area contributed by atoms with Crippen LogP contribution in [0.5, 0.6) is 5.75 Å². The Hall–Kier alpha value is -2.36. The third-order valence-corrected chi connectivity index (χ3v) is 5.90. The topological polar surface area (TPSA) is 76.1 Å². The number of hydrogen-bond donors (Lipinski definition) is 2. The van der Waals surface area contributed by atoms with Gasteiger partial charge in [-0.3, -0.25) is 4.79 Å². The van der Waals surface area contributed by atoms with Crippen LogP contribution in [0.4, 0.5) is 20.9 Å². The summed E-state index contributed by atoms with van der Waals surface area (Å²) in [4.78, 5) is 12.4. The number of rotatable bonds is 7. The molecule has 3 rings (SSSR count). The van der Waals surface area contributed by atoms with Gasteiger partial charge in [-0.25, -0.2) is 4.39 Å². The molecule has 3 aromatic rings. The highest BCUT2D eigenvalue weighted by Crippen LogP contribution is 2.32. The number of hydrogen-bond acceptors (Lipinski definition) is 7. The molecule has 0 fully saturated rings. The van der Waals surface area contributed by atoms with Gasteiger partial charge in [-0.1, -0.05) is 40.8 Å². The van der Waals surface area contributed by atoms with Crippen molar-refractivity contribution in [2.45, 2.75) is 16.5 Å². The highest BCUT2D eigenvalue weighted by molar-refractivity contribution is 8.02. The molecule has 0 bridgehead atoms. The van der Waals surface area contributed by atoms with Gasteiger partial charge in [0.25, 0.3) is 0 Å². The highest BCUT2D eigenvalue weighted by Gasteiger charge is 2.18. The van der Waals surface area contributed by atoms with Crippen LogP contribution >= 0.6 is 34.7 Å². The summed E-state index contributed by atoms with van der Waals surface area (Å²) in [6, 6.07) is 11.3. The van der Waals surface area contributed by atoms with E-state index in [0.717, 1.165) is 17.5 Å². The average Bonchev–Trinajstić information content (AvgIpc) is 3.10. The summed E-state index contributed by atoms with van der Waals surface area (Å²) in [7, 11) is 1.60. The lowest BCUT2D eigenvalue weighted by Gasteiger charge is -2.11. The summed E-state index contributed by atoms with van der Waals surface area (Å²) in [6.07, 6.45) is 0. The number of thioether (sulfide) groups is 1. The lowest BCUT2D eigenvalue weighted by molar-refractivity contribution is -0.115. The van der Waals surface area contributed by atoms with Crippen molar-refractivity contribution in [1.82, 2.24) is 10.2 Å². The Morgan fingerprint density at radius 1 is 1.29 bits per heavy atom. The van der Waals surface area contributed by atoms with Crippen molar-refractivity contribution in [2.75, 3.05) is 17.7 Å². The van der Waals surface area contributed by atoms with Crippen molar-refractivity contribution in [3.63, 3.8) is 0 Å². The van der Waals surface area contributed by atoms with Gasteiger partial charge in [0.05, 0.1) is 23.1 Å². The summed E-state index contributed by atoms with van der Waals surface area (Å²) in [5.74, 6) is 0.000206. The van der Waals surface area contributed by atoms with Crippen LogP contribution < -0.4 is 15.4 Å². The Bertz CT molecular complexity index is 986. The minimum Gasteiger partial charge on any atom is -0.497 e. The van der Waals surface area contributed by atoms with E-state index in [1.54, 1.807) is 14.0 Å². The van der Waals surface area contributed by atoms with E-state index in [0.29, 0.717) is 15.2 Å². The molecule has 28 heavy (non-hydrogen) atoms. The number of ether oxygens (including phenoxy) is 1. The van der Waals surface area contributed by atoms with Gasteiger partial charge in [-0.05, 0) is 37.3 Å². The lowest BCUT2D eigenvalue weighted by Crippen LogP contribution is -2.22. The molecular weight excluding hydrogens is 423 g/mol. The number of nitrogens with zero attached hydrogens (tertiary/aromatic N) is 2. The van der Waals surface area contributed by atoms with Crippen LogP contribution in [-0.4, -0.2) is 28.5 Å². The first-order chi connectivity index (χ1) is 13.4. The van der Waals surface area contributed by atoms with E-state index in [-0.39, 0.29) is 10.9 Å². The second-order valence-electron chi connectivity index (χ2n) is 5.60. The fourth-order valence-electron chi connectivity index (χ4n) is 2.16. The number of nitrogens with one attached hydrogen (secondary N) is 2. The van der Waals surface area contributed by atoms with E-state index in [4.69, 9.17) is 16.3 Å². The van der Waals surface area contributed by atoms with E-state index < -0.39 is 11.1 Å². The fourth-order valence-corrected chi connectivity index (χ4v) is 4.29. The molecule has 6 nitrogen and oxygen atoms in total. The summed E-state index contributed by atoms with van der Waals surface area (Å²) in [5, 5.41) is 14.3. The SMILES string of the molecule is COc1cccc(Nc2nnc(SC(C)C(=O)Nc3ccc(F)cc3Cl)s2)c1. The lowest BCUT2D eigenvalue weighted by atomic mass is 10.3. The zero-order valence-corrected chi connectivity index (χ0v) is 17.3. The molecule has 2 N–H and O–H groups in total. The van der Waals surface area contributed by atoms with Gasteiger partial charge >= 0.3 is 0 Å². The smallest absolute Gasteiger partial charge is 0.237 e. The zero-order chi connectivity index (χ0) is 20.1. The molecule has 0 radical (unpaired) electrons. The number of anilines is 3. The van der Waals surface area contributed by atoms with Gasteiger partial charge in [0, 0.05) is 11.8 Å². The van der Waals surface area contributed by atoms with Gasteiger partial charge in [-0.15, -0.1) is 10.2 Å². The van der Waals surface area contributed by atoms with Crippen LogP contribution in [0, 0.1) is 5.82 Å². The summed E-state index contributed by atoms with van der Waals surface area (Å²) in [5.41, 5.74) is 1.18. The normalized spacial score (nSPS) is 11.7. The quantitative estimate of drug-likeness (QED) is 0.493. The Morgan fingerprint density at radius 2 is 2.11 bits per heavy atom. The third-order valence-electron chi connectivity index (χ3n) is 3.56. The number of methoxy groups -OCH3 is 1. The van der Waals surface area contributed by atoms with Crippen molar-refractivity contribution in [2.24, 2.45) is 0 Å². The largest absolute Gasteiger partial charge is 0.497 e. The number of carbonyl (C=O) groups excluding carboxylic acids is 1. The van der Waals surface area contributed by atoms with E-state index in [1.165, 1.54) is 35.2 Å². The monoisotopic (exact) mass is 438 g/mol. The van der Waals surface area contributed by atoms with Crippen molar-refractivity contribution < 1.29 is 13.9 Å². The van der Waals surface area contributed by atoms with E-state index in [1.807, 2.05) is 24.3 Å². The van der Waals surface area contributed by atoms with Crippen molar-refractivity contribution in [3.05, 3.63) is 53.3 Å². The number of aromatic nitrogens is 2. The maximum atomic E-state index is 13.1. The van der Waals surface area contributed by atoms with E-state index >= 15 is 0 Å². The molecule has 1 unspecified atom stereocenters. The molecule has 10 heteroatoms. The first-order valence-corrected chi connectivity index (χ1v) is 10.2. The fraction of sp³-hybridized carbons (Fsp3) is 0.167. The van der Waals surface area contributed by atoms with Crippen LogP contribution in [0.1, 0.15) is 6.92 Å². The average molecular weight is 439 g/mol. The predicted molar refractivity (Wildman–Crippen MR) is 112 cm³/mol. The molecule has 0 spiro atoms. The molecule has 1 heterocycles. The van der Waals surface area contributed by atoms with Crippen LogP contribution in [-0.2, 0) is 4.79 Å². The second-order valence-corrected chi connectivity index (χ2v) is 8.58. The number of carbonyl (C=O) groups is 1. The number of benzene rings is 2. The van der Waals surface area contributed by atoms with Crippen LogP contribution in [0.15, 0.2) is 46.8 Å². The maximum Gasteiger partial charge on any atom is 0.237 e. The zero-order valence-electron chi connectivity index (χ0n) is 14.9. The molecular formula is C18H16ClFN4O2S2. The molecule has 146 valence electrons. The van der Waals surface area contributed by atoms with Gasteiger partial charge in [0.2, 0.25) is 11.0 Å². The molecule has 1 atom stereocenters. The Morgan fingerprint density at radius 3 is 2.86 bits per heavy atom. The molecule has 0 saturated carbocycles. The van der Waals surface area contributed by atoms with Crippen LogP contribution in [0.2, 0.25) is 5.02 Å². The van der Waals surface area contributed by atoms with Crippen LogP contribution in [0.25, 0.3) is 0 Å².